The fraction of sp³-hybridized carbons (Fsp3) is 0. The van der Waals surface area contributed by atoms with E-state index in [1.54, 1.807) is 4.52 Å². The van der Waals surface area contributed by atoms with Gasteiger partial charge in [-0.05, 0) is 24.3 Å². The van der Waals surface area contributed by atoms with E-state index in [0.29, 0.717) is 16.0 Å². The summed E-state index contributed by atoms with van der Waals surface area (Å²) in [5.41, 5.74) is 1.76. The van der Waals surface area contributed by atoms with Crippen LogP contribution in [0, 0.1) is 0 Å². The monoisotopic (exact) mass is 405 g/mol. The molecule has 0 saturated heterocycles. The van der Waals surface area contributed by atoms with Crippen molar-refractivity contribution in [1.29, 1.82) is 0 Å². The molecule has 0 aliphatic heterocycles. The van der Waals surface area contributed by atoms with Crippen molar-refractivity contribution in [2.45, 2.75) is 0 Å². The average molecular weight is 407 g/mol. The minimum Gasteiger partial charge on any atom is -0.329 e. The number of nitrogens with one attached hydrogen (secondary N) is 1. The number of benzene rings is 2. The maximum Gasteiger partial charge on any atom is 0.236 e. The number of hydrogen-bond acceptors (Lipinski definition) is 5. The zero-order valence-electron chi connectivity index (χ0n) is 11.6. The highest BCUT2D eigenvalue weighted by molar-refractivity contribution is 9.10. The van der Waals surface area contributed by atoms with Gasteiger partial charge < -0.3 is 5.32 Å². The fourth-order valence-electron chi connectivity index (χ4n) is 2.12. The molecule has 114 valence electrons. The second-order valence-corrected chi connectivity index (χ2v) is 7.02. The lowest BCUT2D eigenvalue weighted by Gasteiger charge is -2.03. The predicted octanol–water partition coefficient (Wildman–Crippen LogP) is 5.01. The van der Waals surface area contributed by atoms with Crippen molar-refractivity contribution in [3.8, 4) is 11.4 Å². The van der Waals surface area contributed by atoms with Gasteiger partial charge in [-0.3, -0.25) is 0 Å². The molecule has 5 nitrogen and oxygen atoms in total. The van der Waals surface area contributed by atoms with E-state index in [9.17, 15) is 0 Å². The lowest BCUT2D eigenvalue weighted by Crippen LogP contribution is -1.94. The number of fused-ring (bicyclic) bond motifs is 1. The molecule has 0 aliphatic carbocycles. The fourth-order valence-corrected chi connectivity index (χ4v) is 3.32. The molecule has 0 spiro atoms. The smallest absolute Gasteiger partial charge is 0.236 e. The molecule has 2 heterocycles. The molecule has 0 bridgehead atoms. The molecule has 8 heteroatoms. The molecular formula is C15H9BrClN5S. The quantitative estimate of drug-likeness (QED) is 0.519. The van der Waals surface area contributed by atoms with Crippen molar-refractivity contribution in [1.82, 2.24) is 19.8 Å². The number of para-hydroxylation sites is 1. The molecule has 0 atom stereocenters. The van der Waals surface area contributed by atoms with E-state index >= 15 is 0 Å². The van der Waals surface area contributed by atoms with Gasteiger partial charge in [0, 0.05) is 10.0 Å². The van der Waals surface area contributed by atoms with Gasteiger partial charge in [-0.2, -0.15) is 4.52 Å². The van der Waals surface area contributed by atoms with Gasteiger partial charge in [0.1, 0.15) is 0 Å². The van der Waals surface area contributed by atoms with Gasteiger partial charge in [0.15, 0.2) is 5.82 Å². The molecule has 0 aliphatic rings. The molecule has 0 fully saturated rings. The Morgan fingerprint density at radius 3 is 2.61 bits per heavy atom. The van der Waals surface area contributed by atoms with Crippen molar-refractivity contribution in [3.63, 3.8) is 0 Å². The van der Waals surface area contributed by atoms with Crippen molar-refractivity contribution in [3.05, 3.63) is 58.0 Å². The molecule has 1 N–H and O–H groups in total. The number of anilines is 2. The second-order valence-electron chi connectivity index (χ2n) is 4.74. The SMILES string of the molecule is Clc1ccccc1Nc1nn2c(-c3ccc(Br)cc3)nnc2s1. The van der Waals surface area contributed by atoms with E-state index in [0.717, 1.165) is 20.7 Å². The summed E-state index contributed by atoms with van der Waals surface area (Å²) in [6.45, 7) is 0. The van der Waals surface area contributed by atoms with E-state index in [-0.39, 0.29) is 0 Å². The minimum absolute atomic E-state index is 0.645. The Hall–Kier alpha value is -1.96. The van der Waals surface area contributed by atoms with Crippen LogP contribution < -0.4 is 5.32 Å². The van der Waals surface area contributed by atoms with Crippen LogP contribution in [0.15, 0.2) is 53.0 Å². The molecule has 0 radical (unpaired) electrons. The standard InChI is InChI=1S/C15H9BrClN5S/c16-10-7-5-9(6-8-10)13-19-20-15-22(13)21-14(23-15)18-12-4-2-1-3-11(12)17/h1-8H,(H,18,21). The van der Waals surface area contributed by atoms with Crippen LogP contribution in [0.2, 0.25) is 5.02 Å². The summed E-state index contributed by atoms with van der Waals surface area (Å²) in [5.74, 6) is 0.705. The number of nitrogens with zero attached hydrogens (tertiary/aromatic N) is 4. The van der Waals surface area contributed by atoms with Gasteiger partial charge in [-0.25, -0.2) is 0 Å². The molecule has 0 saturated carbocycles. The van der Waals surface area contributed by atoms with E-state index in [1.807, 2.05) is 48.5 Å². The Morgan fingerprint density at radius 1 is 1.04 bits per heavy atom. The first-order valence-corrected chi connectivity index (χ1v) is 8.69. The third-order valence-corrected chi connectivity index (χ3v) is 4.88. The lowest BCUT2D eigenvalue weighted by atomic mass is 10.2. The summed E-state index contributed by atoms with van der Waals surface area (Å²) in [6.07, 6.45) is 0. The third-order valence-electron chi connectivity index (χ3n) is 3.21. The van der Waals surface area contributed by atoms with Crippen LogP contribution >= 0.6 is 38.9 Å². The van der Waals surface area contributed by atoms with E-state index in [4.69, 9.17) is 11.6 Å². The van der Waals surface area contributed by atoms with Crippen LogP contribution in [-0.4, -0.2) is 19.8 Å². The van der Waals surface area contributed by atoms with Crippen LogP contribution in [0.25, 0.3) is 16.3 Å². The number of hydrogen-bond donors (Lipinski definition) is 1. The second kappa shape index (κ2) is 5.92. The van der Waals surface area contributed by atoms with Crippen LogP contribution in [0.4, 0.5) is 10.8 Å². The first kappa shape index (κ1) is 14.6. The molecule has 4 rings (SSSR count). The van der Waals surface area contributed by atoms with Gasteiger partial charge in [0.05, 0.1) is 10.7 Å². The maximum atomic E-state index is 6.16. The molecular weight excluding hydrogens is 398 g/mol. The highest BCUT2D eigenvalue weighted by atomic mass is 79.9. The number of rotatable bonds is 3. The van der Waals surface area contributed by atoms with Crippen LogP contribution in [0.3, 0.4) is 0 Å². The first-order valence-electron chi connectivity index (χ1n) is 6.70. The van der Waals surface area contributed by atoms with E-state index in [1.165, 1.54) is 11.3 Å². The Morgan fingerprint density at radius 2 is 1.83 bits per heavy atom. The van der Waals surface area contributed by atoms with Crippen molar-refractivity contribution in [2.75, 3.05) is 5.32 Å². The number of aromatic nitrogens is 4. The summed E-state index contributed by atoms with van der Waals surface area (Å²) in [5, 5.41) is 17.5. The van der Waals surface area contributed by atoms with E-state index in [2.05, 4.69) is 36.5 Å². The zero-order valence-corrected chi connectivity index (χ0v) is 14.7. The van der Waals surface area contributed by atoms with Crippen LogP contribution in [-0.2, 0) is 0 Å². The normalized spacial score (nSPS) is 11.0. The molecule has 4 aromatic rings. The topological polar surface area (TPSA) is 55.1 Å². The van der Waals surface area contributed by atoms with Crippen molar-refractivity contribution < 1.29 is 0 Å². The summed E-state index contributed by atoms with van der Waals surface area (Å²) in [6, 6.07) is 15.4. The Kier molecular flexibility index (Phi) is 3.76. The van der Waals surface area contributed by atoms with E-state index < -0.39 is 0 Å². The largest absolute Gasteiger partial charge is 0.329 e. The summed E-state index contributed by atoms with van der Waals surface area (Å²) in [4.78, 5) is 0.720. The first-order chi connectivity index (χ1) is 11.2. The van der Waals surface area contributed by atoms with Crippen LogP contribution in [0.5, 0.6) is 0 Å². The predicted molar refractivity (Wildman–Crippen MR) is 96.5 cm³/mol. The minimum atomic E-state index is 0.645. The highest BCUT2D eigenvalue weighted by Crippen LogP contribution is 2.29. The van der Waals surface area contributed by atoms with Gasteiger partial charge in [-0.1, -0.05) is 63.1 Å². The third kappa shape index (κ3) is 2.83. The van der Waals surface area contributed by atoms with Crippen molar-refractivity contribution in [2.24, 2.45) is 0 Å². The highest BCUT2D eigenvalue weighted by Gasteiger charge is 2.14. The van der Waals surface area contributed by atoms with Crippen molar-refractivity contribution >= 4 is 54.6 Å². The zero-order chi connectivity index (χ0) is 15.8. The lowest BCUT2D eigenvalue weighted by molar-refractivity contribution is 0.970. The van der Waals surface area contributed by atoms with Gasteiger partial charge in [-0.15, -0.1) is 15.3 Å². The Bertz CT molecular complexity index is 979. The van der Waals surface area contributed by atoms with Crippen LogP contribution in [0.1, 0.15) is 0 Å². The Balaban J connectivity index is 1.72. The Labute approximate surface area is 149 Å². The summed E-state index contributed by atoms with van der Waals surface area (Å²) < 4.78 is 2.74. The maximum absolute atomic E-state index is 6.16. The van der Waals surface area contributed by atoms with Gasteiger partial charge in [0.25, 0.3) is 0 Å². The molecule has 2 aromatic carbocycles. The molecule has 0 unspecified atom stereocenters. The summed E-state index contributed by atoms with van der Waals surface area (Å²) in [7, 11) is 0. The van der Waals surface area contributed by atoms with Gasteiger partial charge in [0.2, 0.25) is 10.1 Å². The molecule has 23 heavy (non-hydrogen) atoms. The molecule has 0 amide bonds. The van der Waals surface area contributed by atoms with Gasteiger partial charge >= 0.3 is 0 Å². The average Bonchev–Trinajstić information content (AvgIpc) is 3.11. The molecule has 2 aromatic heterocycles. The summed E-state index contributed by atoms with van der Waals surface area (Å²) >= 11 is 11.0. The number of halogens is 2.